The maximum atomic E-state index is 14.4. The molecule has 2 heterocycles. The third-order valence-electron chi connectivity index (χ3n) is 6.67. The van der Waals surface area contributed by atoms with Crippen LogP contribution in [0.5, 0.6) is 11.5 Å². The lowest BCUT2D eigenvalue weighted by atomic mass is 9.95. The van der Waals surface area contributed by atoms with Gasteiger partial charge in [-0.25, -0.2) is 9.79 Å². The zero-order chi connectivity index (χ0) is 32.5. The lowest BCUT2D eigenvalue weighted by Crippen LogP contribution is -2.41. The first kappa shape index (κ1) is 32.8. The number of methoxy groups -OCH3 is 1. The summed E-state index contributed by atoms with van der Waals surface area (Å²) in [6.07, 6.45) is -3.56. The Bertz CT molecular complexity index is 1990. The highest BCUT2D eigenvalue weighted by Gasteiger charge is 2.45. The number of esters is 1. The standard InChI is InChI=1S/C31H22BrCl2F3N2O5S/c1-3-43-29(41)24-25(16-8-10-20(33)11-9-16)39-28(40)23(45-30(39)38-27(24)31(35,36)37)13-18-12-19(32)14-22(42-2)26(18)44-15-17-6-4-5-7-21(17)34/h4-14,25H,3,15H2,1-2H3/b23-13-/t25-/m0/s1. The predicted octanol–water partition coefficient (Wildman–Crippen LogP) is 7.00. The first-order valence-electron chi connectivity index (χ1n) is 13.2. The van der Waals surface area contributed by atoms with Gasteiger partial charge in [-0.05, 0) is 48.9 Å². The third kappa shape index (κ3) is 6.84. The zero-order valence-electron chi connectivity index (χ0n) is 23.5. The van der Waals surface area contributed by atoms with E-state index in [1.54, 1.807) is 30.3 Å². The fourth-order valence-electron chi connectivity index (χ4n) is 4.71. The van der Waals surface area contributed by atoms with Crippen molar-refractivity contribution >= 4 is 62.5 Å². The molecule has 0 bridgehead atoms. The second-order valence-electron chi connectivity index (χ2n) is 9.52. The Morgan fingerprint density at radius 3 is 2.49 bits per heavy atom. The summed E-state index contributed by atoms with van der Waals surface area (Å²) in [6, 6.07) is 14.8. The number of rotatable bonds is 8. The van der Waals surface area contributed by atoms with Crippen molar-refractivity contribution in [1.29, 1.82) is 0 Å². The molecule has 234 valence electrons. The average Bonchev–Trinajstić information content (AvgIpc) is 3.30. The lowest BCUT2D eigenvalue weighted by molar-refractivity contribution is -0.140. The number of aromatic nitrogens is 1. The highest BCUT2D eigenvalue weighted by molar-refractivity contribution is 9.10. The van der Waals surface area contributed by atoms with Crippen molar-refractivity contribution in [1.82, 2.24) is 4.57 Å². The molecule has 0 aliphatic carbocycles. The molecule has 0 spiro atoms. The molecule has 0 saturated carbocycles. The minimum Gasteiger partial charge on any atom is -0.493 e. The number of benzene rings is 3. The first-order valence-corrected chi connectivity index (χ1v) is 15.6. The molecule has 0 radical (unpaired) electrons. The van der Waals surface area contributed by atoms with Crippen LogP contribution in [0.2, 0.25) is 10.0 Å². The SMILES string of the molecule is CCOC(=O)C1=C(C(F)(F)F)N=c2s/c(=C\c3cc(Br)cc(OC)c3OCc3ccccc3Cl)c(=O)n2[C@H]1c1ccc(Cl)cc1. The second kappa shape index (κ2) is 13.4. The smallest absolute Gasteiger partial charge is 0.434 e. The number of fused-ring (bicyclic) bond motifs is 1. The molecule has 0 unspecified atom stereocenters. The Morgan fingerprint density at radius 1 is 1.13 bits per heavy atom. The number of carbonyl (C=O) groups is 1. The number of halogens is 6. The van der Waals surface area contributed by atoms with Crippen LogP contribution in [0.1, 0.15) is 29.7 Å². The Labute approximate surface area is 276 Å². The molecule has 14 heteroatoms. The minimum atomic E-state index is -5.03. The minimum absolute atomic E-state index is 0.0297. The van der Waals surface area contributed by atoms with E-state index in [4.69, 9.17) is 37.4 Å². The maximum Gasteiger partial charge on any atom is 0.434 e. The molecule has 1 aromatic heterocycles. The number of hydrogen-bond acceptors (Lipinski definition) is 7. The molecule has 3 aromatic carbocycles. The molecule has 0 fully saturated rings. The molecule has 0 N–H and O–H groups in total. The topological polar surface area (TPSA) is 79.1 Å². The predicted molar refractivity (Wildman–Crippen MR) is 169 cm³/mol. The Hall–Kier alpha value is -3.58. The van der Waals surface area contributed by atoms with Gasteiger partial charge in [-0.3, -0.25) is 9.36 Å². The van der Waals surface area contributed by atoms with E-state index in [-0.39, 0.29) is 33.9 Å². The summed E-state index contributed by atoms with van der Waals surface area (Å²) in [5.41, 5.74) is -1.64. The summed E-state index contributed by atoms with van der Waals surface area (Å²) < 4.78 is 61.6. The Kier molecular flexibility index (Phi) is 9.78. The number of alkyl halides is 3. The molecular formula is C31H22BrCl2F3N2O5S. The quantitative estimate of drug-likeness (QED) is 0.182. The number of thiazole rings is 1. The van der Waals surface area contributed by atoms with Crippen LogP contribution in [0.4, 0.5) is 13.2 Å². The van der Waals surface area contributed by atoms with E-state index in [0.717, 1.165) is 15.9 Å². The highest BCUT2D eigenvalue weighted by Crippen LogP contribution is 2.39. The zero-order valence-corrected chi connectivity index (χ0v) is 27.4. The molecule has 1 aliphatic heterocycles. The van der Waals surface area contributed by atoms with Crippen LogP contribution >= 0.6 is 50.5 Å². The largest absolute Gasteiger partial charge is 0.493 e. The van der Waals surface area contributed by atoms with Crippen LogP contribution in [-0.2, 0) is 16.1 Å². The van der Waals surface area contributed by atoms with E-state index in [2.05, 4.69) is 20.9 Å². The summed E-state index contributed by atoms with van der Waals surface area (Å²) >= 11 is 16.5. The van der Waals surface area contributed by atoms with Gasteiger partial charge in [0.2, 0.25) is 0 Å². The maximum absolute atomic E-state index is 14.4. The van der Waals surface area contributed by atoms with Gasteiger partial charge in [-0.1, -0.05) is 80.8 Å². The molecule has 45 heavy (non-hydrogen) atoms. The van der Waals surface area contributed by atoms with Gasteiger partial charge in [0.25, 0.3) is 5.56 Å². The fourth-order valence-corrected chi connectivity index (χ4v) is 6.47. The number of ether oxygens (including phenoxy) is 3. The summed E-state index contributed by atoms with van der Waals surface area (Å²) in [6.45, 7) is 1.34. The van der Waals surface area contributed by atoms with E-state index in [0.29, 0.717) is 31.4 Å². The van der Waals surface area contributed by atoms with Gasteiger partial charge in [0.15, 0.2) is 22.0 Å². The Morgan fingerprint density at radius 2 is 1.84 bits per heavy atom. The second-order valence-corrected chi connectivity index (χ2v) is 12.3. The van der Waals surface area contributed by atoms with Crippen molar-refractivity contribution < 1.29 is 32.2 Å². The van der Waals surface area contributed by atoms with Crippen LogP contribution in [0.3, 0.4) is 0 Å². The molecule has 0 amide bonds. The molecule has 4 aromatic rings. The average molecular weight is 742 g/mol. The molecule has 5 rings (SSSR count). The van der Waals surface area contributed by atoms with E-state index < -0.39 is 35.0 Å². The molecule has 0 saturated heterocycles. The van der Waals surface area contributed by atoms with E-state index in [1.165, 1.54) is 44.4 Å². The normalized spacial score (nSPS) is 15.0. The molecular weight excluding hydrogens is 720 g/mol. The van der Waals surface area contributed by atoms with Crippen LogP contribution in [0.25, 0.3) is 6.08 Å². The van der Waals surface area contributed by atoms with Crippen LogP contribution in [0, 0.1) is 0 Å². The highest BCUT2D eigenvalue weighted by atomic mass is 79.9. The summed E-state index contributed by atoms with van der Waals surface area (Å²) in [5, 5.41) is 0.806. The van der Waals surface area contributed by atoms with Crippen LogP contribution < -0.4 is 24.4 Å². The van der Waals surface area contributed by atoms with Gasteiger partial charge in [0.05, 0.1) is 29.9 Å². The van der Waals surface area contributed by atoms with E-state index >= 15 is 0 Å². The van der Waals surface area contributed by atoms with E-state index in [9.17, 15) is 22.8 Å². The summed E-state index contributed by atoms with van der Waals surface area (Å²) in [4.78, 5) is 30.6. The van der Waals surface area contributed by atoms with Crippen LogP contribution in [0.15, 0.2) is 86.2 Å². The molecule has 1 aliphatic rings. The number of allylic oxidation sites excluding steroid dienone is 1. The van der Waals surface area contributed by atoms with Gasteiger partial charge in [0.1, 0.15) is 6.61 Å². The van der Waals surface area contributed by atoms with Crippen molar-refractivity contribution in [3.63, 3.8) is 0 Å². The number of nitrogens with zero attached hydrogens (tertiary/aromatic N) is 2. The summed E-state index contributed by atoms with van der Waals surface area (Å²) in [7, 11) is 1.45. The van der Waals surface area contributed by atoms with E-state index in [1.807, 2.05) is 6.07 Å². The molecule has 7 nitrogen and oxygen atoms in total. The van der Waals surface area contributed by atoms with Crippen LogP contribution in [-0.4, -0.2) is 30.4 Å². The summed E-state index contributed by atoms with van der Waals surface area (Å²) in [5.74, 6) is -0.642. The van der Waals surface area contributed by atoms with Gasteiger partial charge in [-0.15, -0.1) is 0 Å². The Balaban J connectivity index is 1.74. The third-order valence-corrected chi connectivity index (χ3v) is 8.73. The number of hydrogen-bond donors (Lipinski definition) is 0. The first-order chi connectivity index (χ1) is 21.4. The van der Waals surface area contributed by atoms with Crippen molar-refractivity contribution in [2.75, 3.05) is 13.7 Å². The van der Waals surface area contributed by atoms with Gasteiger partial charge >= 0.3 is 12.1 Å². The van der Waals surface area contributed by atoms with Crippen molar-refractivity contribution in [2.45, 2.75) is 25.7 Å². The van der Waals surface area contributed by atoms with Gasteiger partial charge < -0.3 is 14.2 Å². The van der Waals surface area contributed by atoms with Crippen molar-refractivity contribution in [3.05, 3.63) is 123 Å². The van der Waals surface area contributed by atoms with Crippen molar-refractivity contribution in [3.8, 4) is 11.5 Å². The van der Waals surface area contributed by atoms with Crippen molar-refractivity contribution in [2.24, 2.45) is 4.99 Å². The molecule has 1 atom stereocenters. The fraction of sp³-hybridized carbons (Fsp3) is 0.194. The van der Waals surface area contributed by atoms with Gasteiger partial charge in [0, 0.05) is 25.6 Å². The lowest BCUT2D eigenvalue weighted by Gasteiger charge is -2.26. The number of carbonyl (C=O) groups excluding carboxylic acids is 1. The monoisotopic (exact) mass is 740 g/mol. The van der Waals surface area contributed by atoms with Gasteiger partial charge in [-0.2, -0.15) is 13.2 Å².